The van der Waals surface area contributed by atoms with Crippen molar-refractivity contribution in [3.63, 3.8) is 0 Å². The second kappa shape index (κ2) is 4.58. The second-order valence-electron chi connectivity index (χ2n) is 5.06. The van der Waals surface area contributed by atoms with E-state index in [0.717, 1.165) is 6.54 Å². The van der Waals surface area contributed by atoms with Crippen LogP contribution in [0.1, 0.15) is 19.3 Å². The minimum Gasteiger partial charge on any atom is -0.396 e. The SMILES string of the molecule is C[Si](C)(C)C(O)[CH]C1CCCCN1. The molecule has 1 radical (unpaired) electrons. The summed E-state index contributed by atoms with van der Waals surface area (Å²) in [5.74, 6) is 0. The predicted molar refractivity (Wildman–Crippen MR) is 59.3 cm³/mol. The highest BCUT2D eigenvalue weighted by molar-refractivity contribution is 6.77. The number of rotatable bonds is 3. The standard InChI is InChI=1S/C10H22NOSi/c1-13(2,3)10(12)8-9-6-4-5-7-11-9/h8-12H,4-7H2,1-3H3. The van der Waals surface area contributed by atoms with Gasteiger partial charge in [0, 0.05) is 18.2 Å². The number of piperidine rings is 1. The fourth-order valence-corrected chi connectivity index (χ4v) is 2.36. The molecule has 1 aliphatic heterocycles. The summed E-state index contributed by atoms with van der Waals surface area (Å²) in [6.45, 7) is 7.73. The molecule has 0 aromatic rings. The molecule has 13 heavy (non-hydrogen) atoms. The van der Waals surface area contributed by atoms with E-state index >= 15 is 0 Å². The highest BCUT2D eigenvalue weighted by atomic mass is 28.3. The zero-order valence-electron chi connectivity index (χ0n) is 9.01. The van der Waals surface area contributed by atoms with Crippen molar-refractivity contribution >= 4 is 8.07 Å². The highest BCUT2D eigenvalue weighted by Gasteiger charge is 2.27. The van der Waals surface area contributed by atoms with E-state index in [9.17, 15) is 5.11 Å². The first-order chi connectivity index (χ1) is 6.00. The van der Waals surface area contributed by atoms with Crippen LogP contribution in [0, 0.1) is 6.42 Å². The smallest absolute Gasteiger partial charge is 0.0786 e. The van der Waals surface area contributed by atoms with Crippen LogP contribution in [0.15, 0.2) is 0 Å². The Kier molecular flexibility index (Phi) is 3.95. The number of nitrogens with one attached hydrogen (secondary N) is 1. The quantitative estimate of drug-likeness (QED) is 0.678. The van der Waals surface area contributed by atoms with Crippen LogP contribution in [0.4, 0.5) is 0 Å². The molecular formula is C10H22NOSi. The molecule has 1 saturated heterocycles. The zero-order chi connectivity index (χ0) is 9.90. The van der Waals surface area contributed by atoms with Crippen LogP contribution in [0.3, 0.4) is 0 Å². The van der Waals surface area contributed by atoms with Crippen LogP contribution in [0.25, 0.3) is 0 Å². The summed E-state index contributed by atoms with van der Waals surface area (Å²) in [5.41, 5.74) is -0.164. The van der Waals surface area contributed by atoms with E-state index < -0.39 is 8.07 Å². The fraction of sp³-hybridized carbons (Fsp3) is 0.900. The number of hydrogen-bond acceptors (Lipinski definition) is 2. The largest absolute Gasteiger partial charge is 0.396 e. The molecule has 1 aliphatic rings. The van der Waals surface area contributed by atoms with Crippen LogP contribution < -0.4 is 5.32 Å². The molecule has 2 unspecified atom stereocenters. The molecular weight excluding hydrogens is 178 g/mol. The van der Waals surface area contributed by atoms with Crippen molar-refractivity contribution in [2.24, 2.45) is 0 Å². The summed E-state index contributed by atoms with van der Waals surface area (Å²) in [6.07, 6.45) is 5.90. The van der Waals surface area contributed by atoms with E-state index in [1.807, 2.05) is 0 Å². The summed E-state index contributed by atoms with van der Waals surface area (Å²) >= 11 is 0. The zero-order valence-corrected chi connectivity index (χ0v) is 10.0. The van der Waals surface area contributed by atoms with Gasteiger partial charge in [0.2, 0.25) is 0 Å². The number of aliphatic hydroxyl groups is 1. The van der Waals surface area contributed by atoms with Crippen LogP contribution in [0.2, 0.25) is 19.6 Å². The third kappa shape index (κ3) is 3.79. The van der Waals surface area contributed by atoms with E-state index in [1.165, 1.54) is 19.3 Å². The molecule has 2 atom stereocenters. The van der Waals surface area contributed by atoms with E-state index in [0.29, 0.717) is 6.04 Å². The molecule has 1 heterocycles. The number of hydrogen-bond donors (Lipinski definition) is 2. The van der Waals surface area contributed by atoms with Gasteiger partial charge < -0.3 is 10.4 Å². The average Bonchev–Trinajstić information content (AvgIpc) is 2.04. The van der Waals surface area contributed by atoms with Gasteiger partial charge in [0.15, 0.2) is 0 Å². The normalized spacial score (nSPS) is 27.2. The van der Waals surface area contributed by atoms with Gasteiger partial charge in [0.1, 0.15) is 0 Å². The Morgan fingerprint density at radius 3 is 2.54 bits per heavy atom. The third-order valence-corrected chi connectivity index (χ3v) is 4.62. The molecule has 0 amide bonds. The van der Waals surface area contributed by atoms with Gasteiger partial charge in [-0.2, -0.15) is 0 Å². The monoisotopic (exact) mass is 200 g/mol. The summed E-state index contributed by atoms with van der Waals surface area (Å²) in [4.78, 5) is 0. The molecule has 1 fully saturated rings. The van der Waals surface area contributed by atoms with Crippen molar-refractivity contribution in [3.8, 4) is 0 Å². The molecule has 0 spiro atoms. The predicted octanol–water partition coefficient (Wildman–Crippen LogP) is 1.57. The summed E-state index contributed by atoms with van der Waals surface area (Å²) < 4.78 is 0. The van der Waals surface area contributed by atoms with Gasteiger partial charge in [0.05, 0.1) is 8.07 Å². The minimum absolute atomic E-state index is 0.164. The van der Waals surface area contributed by atoms with E-state index in [1.54, 1.807) is 0 Å². The van der Waals surface area contributed by atoms with Crippen molar-refractivity contribution in [2.75, 3.05) is 6.54 Å². The van der Waals surface area contributed by atoms with E-state index in [2.05, 4.69) is 31.4 Å². The van der Waals surface area contributed by atoms with Crippen molar-refractivity contribution in [3.05, 3.63) is 6.42 Å². The van der Waals surface area contributed by atoms with Crippen LogP contribution in [0.5, 0.6) is 0 Å². The maximum Gasteiger partial charge on any atom is 0.0786 e. The Bertz CT molecular complexity index is 149. The Morgan fingerprint density at radius 1 is 1.38 bits per heavy atom. The van der Waals surface area contributed by atoms with Gasteiger partial charge in [-0.15, -0.1) is 0 Å². The van der Waals surface area contributed by atoms with E-state index in [-0.39, 0.29) is 5.73 Å². The first kappa shape index (κ1) is 11.2. The maximum atomic E-state index is 9.90. The van der Waals surface area contributed by atoms with Crippen LogP contribution in [-0.2, 0) is 0 Å². The molecule has 0 bridgehead atoms. The first-order valence-electron chi connectivity index (χ1n) is 5.26. The molecule has 1 rings (SSSR count). The molecule has 0 aliphatic carbocycles. The van der Waals surface area contributed by atoms with Crippen molar-refractivity contribution in [1.29, 1.82) is 0 Å². The molecule has 77 valence electrons. The highest BCUT2D eigenvalue weighted by Crippen LogP contribution is 2.16. The summed E-state index contributed by atoms with van der Waals surface area (Å²) in [7, 11) is -1.38. The minimum atomic E-state index is -1.38. The molecule has 0 aromatic carbocycles. The van der Waals surface area contributed by atoms with Gasteiger partial charge in [-0.1, -0.05) is 26.1 Å². The Balaban J connectivity index is 2.30. The van der Waals surface area contributed by atoms with Gasteiger partial charge in [0.25, 0.3) is 0 Å². The van der Waals surface area contributed by atoms with Gasteiger partial charge >= 0.3 is 0 Å². The lowest BCUT2D eigenvalue weighted by molar-refractivity contribution is 0.254. The van der Waals surface area contributed by atoms with Crippen molar-refractivity contribution < 1.29 is 5.11 Å². The van der Waals surface area contributed by atoms with Gasteiger partial charge in [-0.05, 0) is 19.4 Å². The van der Waals surface area contributed by atoms with Gasteiger partial charge in [-0.25, -0.2) is 0 Å². The maximum absolute atomic E-state index is 9.90. The lowest BCUT2D eigenvalue weighted by atomic mass is 10.0. The first-order valence-corrected chi connectivity index (χ1v) is 8.84. The topological polar surface area (TPSA) is 32.3 Å². The van der Waals surface area contributed by atoms with Crippen LogP contribution in [-0.4, -0.2) is 31.5 Å². The summed E-state index contributed by atoms with van der Waals surface area (Å²) in [6, 6.07) is 0.454. The molecule has 2 nitrogen and oxygen atoms in total. The fourth-order valence-electron chi connectivity index (χ4n) is 1.55. The molecule has 2 N–H and O–H groups in total. The Morgan fingerprint density at radius 2 is 2.08 bits per heavy atom. The van der Waals surface area contributed by atoms with Crippen molar-refractivity contribution in [1.82, 2.24) is 5.32 Å². The Hall–Kier alpha value is 0.137. The molecule has 0 aromatic heterocycles. The van der Waals surface area contributed by atoms with Gasteiger partial charge in [-0.3, -0.25) is 0 Å². The second-order valence-corrected chi connectivity index (χ2v) is 10.4. The third-order valence-electron chi connectivity index (χ3n) is 2.65. The number of aliphatic hydroxyl groups excluding tert-OH is 1. The van der Waals surface area contributed by atoms with E-state index in [4.69, 9.17) is 0 Å². The molecule has 0 saturated carbocycles. The lowest BCUT2D eigenvalue weighted by Gasteiger charge is -2.30. The summed E-state index contributed by atoms with van der Waals surface area (Å²) in [5, 5.41) is 13.3. The van der Waals surface area contributed by atoms with Crippen LogP contribution >= 0.6 is 0 Å². The lowest BCUT2D eigenvalue weighted by Crippen LogP contribution is -2.45. The Labute approximate surface area is 82.7 Å². The molecule has 3 heteroatoms. The van der Waals surface area contributed by atoms with Crippen molar-refractivity contribution in [2.45, 2.75) is 50.7 Å². The average molecular weight is 200 g/mol.